The minimum absolute atomic E-state index is 0.918. The first-order valence-electron chi connectivity index (χ1n) is 8.60. The summed E-state index contributed by atoms with van der Waals surface area (Å²) in [6.07, 6.45) is 5.09. The van der Waals surface area contributed by atoms with Crippen LogP contribution in [0.15, 0.2) is 12.3 Å². The highest BCUT2D eigenvalue weighted by molar-refractivity contribution is 7.09. The first kappa shape index (κ1) is 16.4. The van der Waals surface area contributed by atoms with Gasteiger partial charge in [-0.2, -0.15) is 9.47 Å². The standard InChI is InChI=1S/C16H26N6S/c1-3-15-18-16(23-19-15)21-10-5-9-20(12-13-21)11-7-14-6-8-17-22(14)4-2/h6,8H,3-5,7,9-13H2,1-2H3. The van der Waals surface area contributed by atoms with E-state index >= 15 is 0 Å². The molecule has 23 heavy (non-hydrogen) atoms. The Bertz CT molecular complexity index is 607. The van der Waals surface area contributed by atoms with Gasteiger partial charge in [-0.1, -0.05) is 6.92 Å². The summed E-state index contributed by atoms with van der Waals surface area (Å²) in [4.78, 5) is 9.59. The summed E-state index contributed by atoms with van der Waals surface area (Å²) in [5, 5.41) is 5.45. The van der Waals surface area contributed by atoms with Gasteiger partial charge in [0.15, 0.2) is 0 Å². The molecular formula is C16H26N6S. The van der Waals surface area contributed by atoms with Crippen LogP contribution in [0, 0.1) is 0 Å². The number of aromatic nitrogens is 4. The maximum atomic E-state index is 4.63. The van der Waals surface area contributed by atoms with Crippen molar-refractivity contribution in [2.45, 2.75) is 39.7 Å². The van der Waals surface area contributed by atoms with Crippen LogP contribution in [0.2, 0.25) is 0 Å². The lowest BCUT2D eigenvalue weighted by molar-refractivity contribution is 0.294. The van der Waals surface area contributed by atoms with Gasteiger partial charge in [-0.3, -0.25) is 4.68 Å². The lowest BCUT2D eigenvalue weighted by Crippen LogP contribution is -2.32. The zero-order chi connectivity index (χ0) is 16.1. The first-order valence-corrected chi connectivity index (χ1v) is 9.38. The summed E-state index contributed by atoms with van der Waals surface area (Å²) < 4.78 is 6.51. The molecule has 3 rings (SSSR count). The molecule has 0 radical (unpaired) electrons. The monoisotopic (exact) mass is 334 g/mol. The van der Waals surface area contributed by atoms with Crippen LogP contribution in [0.5, 0.6) is 0 Å². The summed E-state index contributed by atoms with van der Waals surface area (Å²) in [7, 11) is 0. The zero-order valence-electron chi connectivity index (χ0n) is 14.1. The molecule has 0 atom stereocenters. The molecule has 0 aliphatic carbocycles. The SMILES string of the molecule is CCc1nsc(N2CCCN(CCc3ccnn3CC)CC2)n1. The van der Waals surface area contributed by atoms with Crippen molar-refractivity contribution < 1.29 is 0 Å². The van der Waals surface area contributed by atoms with E-state index in [0.29, 0.717) is 0 Å². The molecule has 3 heterocycles. The molecule has 2 aromatic rings. The third-order valence-corrected chi connectivity index (χ3v) is 5.24. The zero-order valence-corrected chi connectivity index (χ0v) is 14.9. The molecule has 0 amide bonds. The Labute approximate surface area is 142 Å². The van der Waals surface area contributed by atoms with Crippen molar-refractivity contribution in [3.63, 3.8) is 0 Å². The third kappa shape index (κ3) is 4.09. The molecule has 0 unspecified atom stereocenters. The van der Waals surface area contributed by atoms with Gasteiger partial charge in [-0.05, 0) is 26.0 Å². The van der Waals surface area contributed by atoms with Gasteiger partial charge in [0.2, 0.25) is 5.13 Å². The molecular weight excluding hydrogens is 308 g/mol. The van der Waals surface area contributed by atoms with Crippen LogP contribution < -0.4 is 4.90 Å². The molecule has 0 aromatic carbocycles. The summed E-state index contributed by atoms with van der Waals surface area (Å²) in [5.74, 6) is 0.971. The third-order valence-electron chi connectivity index (χ3n) is 4.42. The summed E-state index contributed by atoms with van der Waals surface area (Å²) in [6, 6.07) is 2.14. The fourth-order valence-corrected chi connectivity index (χ4v) is 3.83. The van der Waals surface area contributed by atoms with Crippen LogP contribution in [-0.4, -0.2) is 56.8 Å². The van der Waals surface area contributed by atoms with E-state index in [1.807, 2.05) is 6.20 Å². The normalized spacial score (nSPS) is 16.7. The number of anilines is 1. The molecule has 2 aromatic heterocycles. The minimum atomic E-state index is 0.918. The largest absolute Gasteiger partial charge is 0.346 e. The molecule has 1 aliphatic rings. The molecule has 0 bridgehead atoms. The molecule has 1 saturated heterocycles. The Balaban J connectivity index is 1.52. The topological polar surface area (TPSA) is 50.1 Å². The summed E-state index contributed by atoms with van der Waals surface area (Å²) in [6.45, 7) is 10.7. The fourth-order valence-electron chi connectivity index (χ4n) is 3.03. The Morgan fingerprint density at radius 2 is 2.09 bits per heavy atom. The Hall–Kier alpha value is -1.47. The average molecular weight is 334 g/mol. The maximum absolute atomic E-state index is 4.63. The predicted molar refractivity (Wildman–Crippen MR) is 94.2 cm³/mol. The van der Waals surface area contributed by atoms with Gasteiger partial charge in [0.25, 0.3) is 0 Å². The van der Waals surface area contributed by atoms with E-state index in [1.54, 1.807) is 11.5 Å². The highest BCUT2D eigenvalue weighted by atomic mass is 32.1. The van der Waals surface area contributed by atoms with Crippen molar-refractivity contribution in [1.29, 1.82) is 0 Å². The lowest BCUT2D eigenvalue weighted by atomic mass is 10.2. The van der Waals surface area contributed by atoms with Crippen LogP contribution in [0.3, 0.4) is 0 Å². The molecule has 0 saturated carbocycles. The number of hydrogen-bond donors (Lipinski definition) is 0. The second-order valence-corrected chi connectivity index (χ2v) is 6.65. The molecule has 6 nitrogen and oxygen atoms in total. The quantitative estimate of drug-likeness (QED) is 0.809. The lowest BCUT2D eigenvalue weighted by Gasteiger charge is -2.21. The van der Waals surface area contributed by atoms with E-state index in [9.17, 15) is 0 Å². The summed E-state index contributed by atoms with van der Waals surface area (Å²) >= 11 is 1.54. The Morgan fingerprint density at radius 3 is 2.87 bits per heavy atom. The van der Waals surface area contributed by atoms with E-state index in [0.717, 1.165) is 63.1 Å². The van der Waals surface area contributed by atoms with Gasteiger partial charge in [-0.25, -0.2) is 4.98 Å². The molecule has 0 N–H and O–H groups in total. The predicted octanol–water partition coefficient (Wildman–Crippen LogP) is 2.07. The Morgan fingerprint density at radius 1 is 1.17 bits per heavy atom. The second-order valence-electron chi connectivity index (χ2n) is 5.92. The fraction of sp³-hybridized carbons (Fsp3) is 0.688. The van der Waals surface area contributed by atoms with E-state index in [1.165, 1.54) is 12.1 Å². The smallest absolute Gasteiger partial charge is 0.205 e. The van der Waals surface area contributed by atoms with Crippen LogP contribution in [-0.2, 0) is 19.4 Å². The van der Waals surface area contributed by atoms with E-state index in [4.69, 9.17) is 0 Å². The van der Waals surface area contributed by atoms with Crippen LogP contribution in [0.4, 0.5) is 5.13 Å². The van der Waals surface area contributed by atoms with Gasteiger partial charge >= 0.3 is 0 Å². The number of rotatable bonds is 6. The van der Waals surface area contributed by atoms with Gasteiger partial charge in [0.1, 0.15) is 5.82 Å². The van der Waals surface area contributed by atoms with Crippen molar-refractivity contribution in [2.24, 2.45) is 0 Å². The average Bonchev–Trinajstić information content (AvgIpc) is 3.17. The van der Waals surface area contributed by atoms with Gasteiger partial charge in [-0.15, -0.1) is 0 Å². The molecule has 0 spiro atoms. The van der Waals surface area contributed by atoms with Crippen molar-refractivity contribution >= 4 is 16.7 Å². The van der Waals surface area contributed by atoms with Gasteiger partial charge in [0, 0.05) is 69.0 Å². The van der Waals surface area contributed by atoms with E-state index < -0.39 is 0 Å². The summed E-state index contributed by atoms with van der Waals surface area (Å²) in [5.41, 5.74) is 1.34. The minimum Gasteiger partial charge on any atom is -0.346 e. The molecule has 1 aliphatic heterocycles. The van der Waals surface area contributed by atoms with Crippen molar-refractivity contribution in [2.75, 3.05) is 37.6 Å². The molecule has 7 heteroatoms. The van der Waals surface area contributed by atoms with Gasteiger partial charge < -0.3 is 9.80 Å². The van der Waals surface area contributed by atoms with E-state index in [2.05, 4.69) is 48.9 Å². The van der Waals surface area contributed by atoms with Crippen LogP contribution in [0.1, 0.15) is 31.8 Å². The Kier molecular flexibility index (Phi) is 5.61. The van der Waals surface area contributed by atoms with Crippen molar-refractivity contribution in [3.05, 3.63) is 23.8 Å². The van der Waals surface area contributed by atoms with Gasteiger partial charge in [0.05, 0.1) is 0 Å². The van der Waals surface area contributed by atoms with Crippen molar-refractivity contribution in [3.8, 4) is 0 Å². The van der Waals surface area contributed by atoms with E-state index in [-0.39, 0.29) is 0 Å². The number of hydrogen-bond acceptors (Lipinski definition) is 6. The number of aryl methyl sites for hydroxylation is 2. The maximum Gasteiger partial charge on any atom is 0.205 e. The van der Waals surface area contributed by atoms with Crippen LogP contribution >= 0.6 is 11.5 Å². The number of nitrogens with zero attached hydrogens (tertiary/aromatic N) is 6. The second kappa shape index (κ2) is 7.88. The van der Waals surface area contributed by atoms with Crippen molar-refractivity contribution in [1.82, 2.24) is 24.0 Å². The molecule has 1 fully saturated rings. The first-order chi connectivity index (χ1) is 11.3. The highest BCUT2D eigenvalue weighted by Crippen LogP contribution is 2.19. The molecule has 126 valence electrons. The van der Waals surface area contributed by atoms with Crippen LogP contribution in [0.25, 0.3) is 0 Å². The highest BCUT2D eigenvalue weighted by Gasteiger charge is 2.18.